The Morgan fingerprint density at radius 2 is 1.74 bits per heavy atom. The monoisotopic (exact) mass is 307 g/mol. The van der Waals surface area contributed by atoms with Crippen molar-refractivity contribution in [1.29, 1.82) is 5.26 Å². The van der Waals surface area contributed by atoms with Crippen LogP contribution in [0.3, 0.4) is 0 Å². The summed E-state index contributed by atoms with van der Waals surface area (Å²) < 4.78 is 0. The van der Waals surface area contributed by atoms with Crippen molar-refractivity contribution in [3.63, 3.8) is 0 Å². The molecule has 1 aliphatic heterocycles. The second kappa shape index (κ2) is 7.10. The van der Waals surface area contributed by atoms with Gasteiger partial charge in [-0.15, -0.1) is 0 Å². The Balaban J connectivity index is 1.80. The predicted molar refractivity (Wildman–Crippen MR) is 91.9 cm³/mol. The smallest absolute Gasteiger partial charge is 0.136 e. The van der Waals surface area contributed by atoms with Gasteiger partial charge in [0.1, 0.15) is 17.5 Å². The maximum Gasteiger partial charge on any atom is 0.136 e. The van der Waals surface area contributed by atoms with E-state index in [0.29, 0.717) is 5.56 Å². The maximum absolute atomic E-state index is 8.86. The standard InChI is InChI=1S/C18H21N5/c1-14-20-17(22-16-8-6-15(13-19)7-9-16)12-18(21-14)23-10-4-2-3-5-11-23/h6-9,12H,2-5,10-11H2,1H3,(H,20,21,22). The highest BCUT2D eigenvalue weighted by atomic mass is 15.2. The molecule has 0 atom stereocenters. The van der Waals surface area contributed by atoms with E-state index in [0.717, 1.165) is 36.2 Å². The van der Waals surface area contributed by atoms with E-state index < -0.39 is 0 Å². The van der Waals surface area contributed by atoms with Gasteiger partial charge in [0.2, 0.25) is 0 Å². The number of hydrogen-bond donors (Lipinski definition) is 1. The van der Waals surface area contributed by atoms with E-state index >= 15 is 0 Å². The summed E-state index contributed by atoms with van der Waals surface area (Å²) in [7, 11) is 0. The van der Waals surface area contributed by atoms with Crippen LogP contribution in [0.5, 0.6) is 0 Å². The van der Waals surface area contributed by atoms with Crippen LogP contribution in [-0.4, -0.2) is 23.1 Å². The van der Waals surface area contributed by atoms with Gasteiger partial charge in [-0.05, 0) is 44.0 Å². The van der Waals surface area contributed by atoms with Gasteiger partial charge in [-0.3, -0.25) is 0 Å². The first-order chi connectivity index (χ1) is 11.2. The molecule has 1 fully saturated rings. The molecule has 1 saturated heterocycles. The van der Waals surface area contributed by atoms with Gasteiger partial charge in [0.15, 0.2) is 0 Å². The first-order valence-corrected chi connectivity index (χ1v) is 8.12. The molecule has 0 amide bonds. The minimum absolute atomic E-state index is 0.652. The Morgan fingerprint density at radius 3 is 2.39 bits per heavy atom. The molecule has 0 unspecified atom stereocenters. The third kappa shape index (κ3) is 3.98. The summed E-state index contributed by atoms with van der Waals surface area (Å²) in [5.74, 6) is 2.56. The van der Waals surface area contributed by atoms with Gasteiger partial charge in [-0.25, -0.2) is 9.97 Å². The molecule has 1 N–H and O–H groups in total. The number of benzene rings is 1. The van der Waals surface area contributed by atoms with Crippen molar-refractivity contribution in [2.45, 2.75) is 32.6 Å². The van der Waals surface area contributed by atoms with E-state index in [1.807, 2.05) is 25.1 Å². The van der Waals surface area contributed by atoms with Gasteiger partial charge in [0, 0.05) is 24.8 Å². The molecule has 3 rings (SSSR count). The topological polar surface area (TPSA) is 64.8 Å². The van der Waals surface area contributed by atoms with Crippen molar-refractivity contribution < 1.29 is 0 Å². The normalized spacial score (nSPS) is 14.9. The zero-order valence-corrected chi connectivity index (χ0v) is 13.4. The Labute approximate surface area is 137 Å². The Morgan fingerprint density at radius 1 is 1.04 bits per heavy atom. The van der Waals surface area contributed by atoms with Crippen molar-refractivity contribution in [3.8, 4) is 6.07 Å². The fourth-order valence-corrected chi connectivity index (χ4v) is 2.85. The highest BCUT2D eigenvalue weighted by Gasteiger charge is 2.13. The summed E-state index contributed by atoms with van der Waals surface area (Å²) in [6.07, 6.45) is 5.05. The van der Waals surface area contributed by atoms with Crippen LogP contribution in [-0.2, 0) is 0 Å². The maximum atomic E-state index is 8.86. The first-order valence-electron chi connectivity index (χ1n) is 8.12. The van der Waals surface area contributed by atoms with Crippen LogP contribution < -0.4 is 10.2 Å². The average molecular weight is 307 g/mol. The molecule has 5 heteroatoms. The third-order valence-corrected chi connectivity index (χ3v) is 4.04. The molecule has 1 aliphatic rings. The van der Waals surface area contributed by atoms with Gasteiger partial charge in [0.05, 0.1) is 11.6 Å². The fraction of sp³-hybridized carbons (Fsp3) is 0.389. The van der Waals surface area contributed by atoms with Crippen LogP contribution in [0.1, 0.15) is 37.1 Å². The average Bonchev–Trinajstić information content (AvgIpc) is 2.84. The van der Waals surface area contributed by atoms with Crippen molar-refractivity contribution in [3.05, 3.63) is 41.7 Å². The largest absolute Gasteiger partial charge is 0.356 e. The van der Waals surface area contributed by atoms with E-state index in [9.17, 15) is 0 Å². The quantitative estimate of drug-likeness (QED) is 0.934. The van der Waals surface area contributed by atoms with Crippen LogP contribution >= 0.6 is 0 Å². The molecule has 118 valence electrons. The van der Waals surface area contributed by atoms with Gasteiger partial charge in [0.25, 0.3) is 0 Å². The Bertz CT molecular complexity index is 694. The molecular formula is C18H21N5. The number of nitrogens with one attached hydrogen (secondary N) is 1. The predicted octanol–water partition coefficient (Wildman–Crippen LogP) is 3.78. The number of aryl methyl sites for hydroxylation is 1. The lowest BCUT2D eigenvalue weighted by atomic mass is 10.2. The van der Waals surface area contributed by atoms with Crippen LogP contribution in [0, 0.1) is 18.3 Å². The molecular weight excluding hydrogens is 286 g/mol. The number of nitriles is 1. The van der Waals surface area contributed by atoms with Crippen LogP contribution in [0.15, 0.2) is 30.3 Å². The number of aromatic nitrogens is 2. The van der Waals surface area contributed by atoms with E-state index in [2.05, 4.69) is 26.3 Å². The van der Waals surface area contributed by atoms with E-state index in [1.54, 1.807) is 12.1 Å². The second-order valence-corrected chi connectivity index (χ2v) is 5.87. The lowest BCUT2D eigenvalue weighted by molar-refractivity contribution is 0.726. The van der Waals surface area contributed by atoms with Crippen molar-refractivity contribution in [2.75, 3.05) is 23.3 Å². The van der Waals surface area contributed by atoms with Gasteiger partial charge >= 0.3 is 0 Å². The third-order valence-electron chi connectivity index (χ3n) is 4.04. The second-order valence-electron chi connectivity index (χ2n) is 5.87. The molecule has 0 aliphatic carbocycles. The van der Waals surface area contributed by atoms with Gasteiger partial charge < -0.3 is 10.2 Å². The van der Waals surface area contributed by atoms with Crippen LogP contribution in [0.4, 0.5) is 17.3 Å². The molecule has 2 heterocycles. The Hall–Kier alpha value is -2.61. The van der Waals surface area contributed by atoms with Crippen LogP contribution in [0.25, 0.3) is 0 Å². The Kier molecular flexibility index (Phi) is 4.72. The number of hydrogen-bond acceptors (Lipinski definition) is 5. The molecule has 0 spiro atoms. The summed E-state index contributed by atoms with van der Waals surface area (Å²) in [6, 6.07) is 11.5. The molecule has 0 radical (unpaired) electrons. The van der Waals surface area contributed by atoms with Gasteiger partial charge in [-0.1, -0.05) is 12.8 Å². The number of nitrogens with zero attached hydrogens (tertiary/aromatic N) is 4. The summed E-state index contributed by atoms with van der Waals surface area (Å²) in [6.45, 7) is 4.05. The highest BCUT2D eigenvalue weighted by Crippen LogP contribution is 2.22. The summed E-state index contributed by atoms with van der Waals surface area (Å²) >= 11 is 0. The summed E-state index contributed by atoms with van der Waals surface area (Å²) in [5.41, 5.74) is 1.57. The summed E-state index contributed by atoms with van der Waals surface area (Å²) in [4.78, 5) is 11.4. The molecule has 23 heavy (non-hydrogen) atoms. The van der Waals surface area contributed by atoms with Crippen molar-refractivity contribution >= 4 is 17.3 Å². The molecule has 1 aromatic heterocycles. The minimum atomic E-state index is 0.652. The van der Waals surface area contributed by atoms with Crippen molar-refractivity contribution in [1.82, 2.24) is 9.97 Å². The molecule has 5 nitrogen and oxygen atoms in total. The lowest BCUT2D eigenvalue weighted by Crippen LogP contribution is -2.25. The van der Waals surface area contributed by atoms with Crippen molar-refractivity contribution in [2.24, 2.45) is 0 Å². The SMILES string of the molecule is Cc1nc(Nc2ccc(C#N)cc2)cc(N2CCCCCC2)n1. The molecule has 2 aromatic rings. The van der Waals surface area contributed by atoms with E-state index in [1.165, 1.54) is 25.7 Å². The zero-order valence-electron chi connectivity index (χ0n) is 13.4. The molecule has 1 aromatic carbocycles. The number of rotatable bonds is 3. The van der Waals surface area contributed by atoms with E-state index in [-0.39, 0.29) is 0 Å². The first kappa shape index (κ1) is 15.3. The molecule has 0 bridgehead atoms. The summed E-state index contributed by atoms with van der Waals surface area (Å²) in [5, 5.41) is 12.2. The highest BCUT2D eigenvalue weighted by molar-refractivity contribution is 5.60. The minimum Gasteiger partial charge on any atom is -0.356 e. The lowest BCUT2D eigenvalue weighted by Gasteiger charge is -2.22. The van der Waals surface area contributed by atoms with E-state index in [4.69, 9.17) is 5.26 Å². The van der Waals surface area contributed by atoms with Gasteiger partial charge in [-0.2, -0.15) is 5.26 Å². The molecule has 0 saturated carbocycles. The van der Waals surface area contributed by atoms with Crippen LogP contribution in [0.2, 0.25) is 0 Å². The zero-order chi connectivity index (χ0) is 16.1. The fourth-order valence-electron chi connectivity index (χ4n) is 2.85. The number of anilines is 3.